The Morgan fingerprint density at radius 3 is 1.61 bits per heavy atom. The Morgan fingerprint density at radius 2 is 1.28 bits per heavy atom. The Morgan fingerprint density at radius 1 is 0.833 bits per heavy atom. The largest absolute Gasteiger partial charge is 0.324 e. The summed E-state index contributed by atoms with van der Waals surface area (Å²) in [7, 11) is 0. The van der Waals surface area contributed by atoms with Gasteiger partial charge in [-0.2, -0.15) is 0 Å². The lowest BCUT2D eigenvalue weighted by molar-refractivity contribution is -0.379. The molecule has 2 aliphatic heterocycles. The van der Waals surface area contributed by atoms with E-state index in [1.54, 1.807) is 0 Å². The molecule has 0 spiro atoms. The van der Waals surface area contributed by atoms with Crippen molar-refractivity contribution in [2.24, 2.45) is 0 Å². The van der Waals surface area contributed by atoms with Crippen molar-refractivity contribution in [2.75, 3.05) is 25.0 Å². The smallest absolute Gasteiger partial charge is 0.165 e. The average Bonchev–Trinajstić information content (AvgIpc) is 2.26. The van der Waals surface area contributed by atoms with Gasteiger partial charge < -0.3 is 23.8 Å². The van der Waals surface area contributed by atoms with E-state index in [0.717, 1.165) is 37.8 Å². The maximum Gasteiger partial charge on any atom is 0.165 e. The monoisotopic (exact) mass is 323 g/mol. The molecular weight excluding hydrogens is 302 g/mol. The Labute approximate surface area is 117 Å². The maximum absolute atomic E-state index is 5.43. The van der Waals surface area contributed by atoms with Gasteiger partial charge in [0.2, 0.25) is 0 Å². The third kappa shape index (κ3) is 4.43. The van der Waals surface area contributed by atoms with Crippen LogP contribution in [-0.2, 0) is 18.9 Å². The highest BCUT2D eigenvalue weighted by Crippen LogP contribution is 2.21. The minimum absolute atomic E-state index is 0.0194. The molecule has 0 unspecified atom stereocenters. The molecule has 0 aliphatic carbocycles. The predicted octanol–water partition coefficient (Wildman–Crippen LogP) is 1.90. The molecule has 18 heavy (non-hydrogen) atoms. The molecule has 2 heterocycles. The first-order valence-corrected chi connectivity index (χ1v) is 7.69. The Hall–Kier alpha value is 0.280. The molecule has 0 N–H and O–H groups in total. The fourth-order valence-electron chi connectivity index (χ4n) is 2.18. The molecule has 2 saturated heterocycles. The summed E-state index contributed by atoms with van der Waals surface area (Å²) in [5, 5.41) is 0.971. The van der Waals surface area contributed by atoms with Crippen molar-refractivity contribution in [2.45, 2.75) is 51.8 Å². The van der Waals surface area contributed by atoms with Crippen LogP contribution in [0.25, 0.3) is 0 Å². The van der Waals surface area contributed by atoms with Crippen LogP contribution in [0.2, 0.25) is 0 Å². The Kier molecular flexibility index (Phi) is 5.85. The number of ether oxygens (including phenoxy) is 4. The van der Waals surface area contributed by atoms with Gasteiger partial charge in [0.25, 0.3) is 0 Å². The third-order valence-corrected chi connectivity index (χ3v) is 3.49. The molecule has 5 nitrogen and oxygen atoms in total. The van der Waals surface area contributed by atoms with Gasteiger partial charge >= 0.3 is 0 Å². The summed E-state index contributed by atoms with van der Waals surface area (Å²) in [6.07, 6.45) is 1.74. The average molecular weight is 324 g/mol. The van der Waals surface area contributed by atoms with Crippen molar-refractivity contribution in [3.63, 3.8) is 0 Å². The predicted molar refractivity (Wildman–Crippen MR) is 70.3 cm³/mol. The van der Waals surface area contributed by atoms with E-state index in [9.17, 15) is 0 Å². The summed E-state index contributed by atoms with van der Waals surface area (Å²) in [4.78, 5) is 2.38. The molecular formula is C12H22BrNO4. The Balaban J connectivity index is 1.57. The van der Waals surface area contributed by atoms with Gasteiger partial charge in [0.05, 0.1) is 0 Å². The number of nitrogens with zero attached hydrogens (tertiary/aromatic N) is 1. The van der Waals surface area contributed by atoms with Crippen LogP contribution in [0.15, 0.2) is 0 Å². The van der Waals surface area contributed by atoms with Gasteiger partial charge in [-0.3, -0.25) is 0 Å². The SMILES string of the molecule is CC1OC(CCN(CCBr)CCC2OC(C)O2)O1. The molecule has 0 bridgehead atoms. The van der Waals surface area contributed by atoms with Crippen molar-refractivity contribution in [1.29, 1.82) is 0 Å². The summed E-state index contributed by atoms with van der Waals surface area (Å²) in [5.74, 6) is 0. The third-order valence-electron chi connectivity index (χ3n) is 3.14. The Bertz CT molecular complexity index is 222. The summed E-state index contributed by atoms with van der Waals surface area (Å²) in [6, 6.07) is 0. The zero-order valence-corrected chi connectivity index (χ0v) is 12.6. The van der Waals surface area contributed by atoms with Crippen molar-refractivity contribution < 1.29 is 18.9 Å². The number of halogens is 1. The first-order valence-electron chi connectivity index (χ1n) is 6.57. The number of rotatable bonds is 8. The lowest BCUT2D eigenvalue weighted by atomic mass is 10.3. The molecule has 0 aromatic carbocycles. The fraction of sp³-hybridized carbons (Fsp3) is 1.00. The van der Waals surface area contributed by atoms with Crippen molar-refractivity contribution in [3.8, 4) is 0 Å². The second-order valence-electron chi connectivity index (χ2n) is 4.65. The summed E-state index contributed by atoms with van der Waals surface area (Å²) in [6.45, 7) is 6.81. The standard InChI is InChI=1S/C12H22BrNO4/c1-9-15-11(16-9)3-6-14(8-5-13)7-4-12-17-10(2)18-12/h9-12H,3-8H2,1-2H3. The second-order valence-corrected chi connectivity index (χ2v) is 5.44. The first-order chi connectivity index (χ1) is 8.67. The van der Waals surface area contributed by atoms with E-state index < -0.39 is 0 Å². The van der Waals surface area contributed by atoms with Crippen LogP contribution in [0.5, 0.6) is 0 Å². The van der Waals surface area contributed by atoms with Crippen LogP contribution in [0.3, 0.4) is 0 Å². The van der Waals surface area contributed by atoms with E-state index in [1.165, 1.54) is 0 Å². The highest BCUT2D eigenvalue weighted by Gasteiger charge is 2.28. The van der Waals surface area contributed by atoms with E-state index in [2.05, 4.69) is 20.8 Å². The molecule has 2 rings (SSSR count). The molecule has 6 heteroatoms. The van der Waals surface area contributed by atoms with Crippen LogP contribution in [-0.4, -0.2) is 55.0 Å². The first kappa shape index (κ1) is 14.7. The fourth-order valence-corrected chi connectivity index (χ4v) is 2.68. The van der Waals surface area contributed by atoms with E-state index in [4.69, 9.17) is 18.9 Å². The van der Waals surface area contributed by atoms with Crippen LogP contribution < -0.4 is 0 Å². The minimum atomic E-state index is -0.0297. The summed E-state index contributed by atoms with van der Waals surface area (Å²) < 4.78 is 21.7. The van der Waals surface area contributed by atoms with Crippen LogP contribution >= 0.6 is 15.9 Å². The quantitative estimate of drug-likeness (QED) is 0.638. The number of hydrogen-bond acceptors (Lipinski definition) is 5. The van der Waals surface area contributed by atoms with Gasteiger partial charge in [0, 0.05) is 37.8 Å². The van der Waals surface area contributed by atoms with E-state index in [-0.39, 0.29) is 25.2 Å². The summed E-state index contributed by atoms with van der Waals surface area (Å²) in [5.41, 5.74) is 0. The molecule has 0 aromatic rings. The highest BCUT2D eigenvalue weighted by atomic mass is 79.9. The van der Waals surface area contributed by atoms with Crippen LogP contribution in [0.4, 0.5) is 0 Å². The van der Waals surface area contributed by atoms with Gasteiger partial charge in [0.1, 0.15) is 0 Å². The molecule has 2 fully saturated rings. The van der Waals surface area contributed by atoms with Crippen molar-refractivity contribution in [3.05, 3.63) is 0 Å². The number of hydrogen-bond donors (Lipinski definition) is 0. The van der Waals surface area contributed by atoms with Gasteiger partial charge in [-0.15, -0.1) is 0 Å². The molecule has 0 aromatic heterocycles. The molecule has 0 saturated carbocycles. The molecule has 106 valence electrons. The van der Waals surface area contributed by atoms with E-state index >= 15 is 0 Å². The second kappa shape index (κ2) is 7.17. The highest BCUT2D eigenvalue weighted by molar-refractivity contribution is 9.09. The van der Waals surface area contributed by atoms with Gasteiger partial charge in [0.15, 0.2) is 25.2 Å². The zero-order valence-electron chi connectivity index (χ0n) is 11.0. The molecule has 0 radical (unpaired) electrons. The molecule has 2 aliphatic rings. The molecule has 0 atom stereocenters. The number of alkyl halides is 1. The van der Waals surface area contributed by atoms with E-state index in [1.807, 2.05) is 13.8 Å². The lowest BCUT2D eigenvalue weighted by Gasteiger charge is -2.36. The van der Waals surface area contributed by atoms with Crippen molar-refractivity contribution in [1.82, 2.24) is 4.90 Å². The topological polar surface area (TPSA) is 40.2 Å². The zero-order chi connectivity index (χ0) is 13.0. The van der Waals surface area contributed by atoms with Gasteiger partial charge in [-0.1, -0.05) is 15.9 Å². The lowest BCUT2D eigenvalue weighted by Crippen LogP contribution is -2.43. The van der Waals surface area contributed by atoms with Crippen molar-refractivity contribution >= 4 is 15.9 Å². The van der Waals surface area contributed by atoms with Gasteiger partial charge in [-0.25, -0.2) is 0 Å². The van der Waals surface area contributed by atoms with Crippen LogP contribution in [0, 0.1) is 0 Å². The summed E-state index contributed by atoms with van der Waals surface area (Å²) >= 11 is 3.48. The maximum atomic E-state index is 5.43. The van der Waals surface area contributed by atoms with E-state index in [0.29, 0.717) is 0 Å². The van der Waals surface area contributed by atoms with Crippen LogP contribution in [0.1, 0.15) is 26.7 Å². The minimum Gasteiger partial charge on any atom is -0.324 e. The molecule has 0 amide bonds. The normalized spacial score (nSPS) is 35.3. The van der Waals surface area contributed by atoms with Gasteiger partial charge in [-0.05, 0) is 13.8 Å².